The molecular weight excluding hydrogens is 362 g/mol. The summed E-state index contributed by atoms with van der Waals surface area (Å²) in [5.74, 6) is -0.295. The molecule has 10 heteroatoms. The van der Waals surface area contributed by atoms with Crippen LogP contribution < -0.4 is 0 Å². The van der Waals surface area contributed by atoms with Crippen molar-refractivity contribution in [2.24, 2.45) is 0 Å². The van der Waals surface area contributed by atoms with Gasteiger partial charge in [-0.25, -0.2) is 18.2 Å². The number of hydrogen-bond donors (Lipinski definition) is 0. The Morgan fingerprint density at radius 3 is 2.62 bits per heavy atom. The molecule has 0 saturated carbocycles. The molecule has 1 aromatic heterocycles. The fourth-order valence-electron chi connectivity index (χ4n) is 2.74. The van der Waals surface area contributed by atoms with Gasteiger partial charge in [-0.2, -0.15) is 0 Å². The fraction of sp³-hybridized carbons (Fsp3) is 0.625. The molecule has 0 aliphatic carbocycles. The molecular formula is C16H23N3O6S. The Labute approximate surface area is 152 Å². The number of nitro groups is 1. The lowest BCUT2D eigenvalue weighted by molar-refractivity contribution is -0.385. The van der Waals surface area contributed by atoms with Gasteiger partial charge in [0.05, 0.1) is 10.7 Å². The summed E-state index contributed by atoms with van der Waals surface area (Å²) in [5.41, 5.74) is -0.949. The van der Waals surface area contributed by atoms with Crippen LogP contribution in [-0.2, 0) is 14.6 Å². The van der Waals surface area contributed by atoms with E-state index in [-0.39, 0.29) is 16.5 Å². The van der Waals surface area contributed by atoms with Crippen LogP contribution in [0.15, 0.2) is 23.4 Å². The van der Waals surface area contributed by atoms with Crippen LogP contribution in [0, 0.1) is 10.1 Å². The fourth-order valence-corrected chi connectivity index (χ4v) is 4.25. The first-order valence-corrected chi connectivity index (χ1v) is 9.98. The third kappa shape index (κ3) is 5.13. The molecule has 1 amide bonds. The molecule has 1 fully saturated rings. The standard InChI is InChI=1S/C16H23N3O6S/c1-16(2,3)25-15(20)18-9-5-4-6-13(18)11-26(23,24)14-8-7-12(10-17-14)19(21)22/h7-8,10,13H,4-6,9,11H2,1-3H3/t13-/m0/s1. The molecule has 0 unspecified atom stereocenters. The normalized spacial score (nSPS) is 18.4. The van der Waals surface area contributed by atoms with Crippen LogP contribution in [0.3, 0.4) is 0 Å². The molecule has 1 aromatic rings. The van der Waals surface area contributed by atoms with Crippen molar-refractivity contribution in [2.75, 3.05) is 12.3 Å². The zero-order valence-electron chi connectivity index (χ0n) is 15.0. The van der Waals surface area contributed by atoms with Crippen molar-refractivity contribution in [3.63, 3.8) is 0 Å². The van der Waals surface area contributed by atoms with E-state index >= 15 is 0 Å². The first-order valence-electron chi connectivity index (χ1n) is 8.32. The first-order chi connectivity index (χ1) is 12.0. The number of likely N-dealkylation sites (tertiary alicyclic amines) is 1. The average molecular weight is 385 g/mol. The van der Waals surface area contributed by atoms with E-state index < -0.39 is 32.5 Å². The van der Waals surface area contributed by atoms with Crippen LogP contribution in [-0.4, -0.2) is 53.3 Å². The largest absolute Gasteiger partial charge is 0.444 e. The topological polar surface area (TPSA) is 120 Å². The van der Waals surface area contributed by atoms with Crippen LogP contribution in [0.2, 0.25) is 0 Å². The Balaban J connectivity index is 2.17. The number of rotatable bonds is 4. The van der Waals surface area contributed by atoms with Gasteiger partial charge in [-0.05, 0) is 46.1 Å². The predicted octanol–water partition coefficient (Wildman–Crippen LogP) is 2.55. The second-order valence-electron chi connectivity index (χ2n) is 7.22. The van der Waals surface area contributed by atoms with Gasteiger partial charge in [-0.3, -0.25) is 10.1 Å². The van der Waals surface area contributed by atoms with Gasteiger partial charge in [0.25, 0.3) is 5.69 Å². The van der Waals surface area contributed by atoms with E-state index in [2.05, 4.69) is 4.98 Å². The summed E-state index contributed by atoms with van der Waals surface area (Å²) >= 11 is 0. The van der Waals surface area contributed by atoms with Crippen molar-refractivity contribution >= 4 is 21.6 Å². The molecule has 26 heavy (non-hydrogen) atoms. The molecule has 0 radical (unpaired) electrons. The van der Waals surface area contributed by atoms with E-state index in [9.17, 15) is 23.3 Å². The minimum absolute atomic E-state index is 0.238. The molecule has 1 atom stereocenters. The molecule has 2 rings (SSSR count). The predicted molar refractivity (Wildman–Crippen MR) is 93.5 cm³/mol. The highest BCUT2D eigenvalue weighted by Gasteiger charge is 2.34. The summed E-state index contributed by atoms with van der Waals surface area (Å²) in [4.78, 5) is 27.6. The summed E-state index contributed by atoms with van der Waals surface area (Å²) in [6.07, 6.45) is 2.53. The van der Waals surface area contributed by atoms with Gasteiger partial charge in [0.2, 0.25) is 0 Å². The number of sulfone groups is 1. The van der Waals surface area contributed by atoms with E-state index in [1.165, 1.54) is 4.90 Å². The van der Waals surface area contributed by atoms with E-state index in [4.69, 9.17) is 4.74 Å². The van der Waals surface area contributed by atoms with Gasteiger partial charge in [-0.1, -0.05) is 0 Å². The molecule has 0 aromatic carbocycles. The third-order valence-electron chi connectivity index (χ3n) is 3.92. The van der Waals surface area contributed by atoms with Crippen LogP contribution >= 0.6 is 0 Å². The van der Waals surface area contributed by atoms with Crippen molar-refractivity contribution in [3.05, 3.63) is 28.4 Å². The summed E-state index contributed by atoms with van der Waals surface area (Å²) in [6, 6.07) is 1.71. The highest BCUT2D eigenvalue weighted by molar-refractivity contribution is 7.91. The molecule has 1 aliphatic heterocycles. The van der Waals surface area contributed by atoms with Gasteiger partial charge < -0.3 is 9.64 Å². The quantitative estimate of drug-likeness (QED) is 0.577. The lowest BCUT2D eigenvalue weighted by Gasteiger charge is -2.36. The van der Waals surface area contributed by atoms with Crippen molar-refractivity contribution < 1.29 is 22.9 Å². The zero-order valence-corrected chi connectivity index (χ0v) is 15.9. The van der Waals surface area contributed by atoms with E-state index in [0.29, 0.717) is 13.0 Å². The summed E-state index contributed by atoms with van der Waals surface area (Å²) in [6.45, 7) is 5.69. The number of carbonyl (C=O) groups is 1. The van der Waals surface area contributed by atoms with Gasteiger partial charge in [-0.15, -0.1) is 0 Å². The Kier molecular flexibility index (Phi) is 5.84. The number of nitrogens with zero attached hydrogens (tertiary/aromatic N) is 3. The smallest absolute Gasteiger partial charge is 0.410 e. The summed E-state index contributed by atoms with van der Waals surface area (Å²) < 4.78 is 30.6. The van der Waals surface area contributed by atoms with E-state index in [1.807, 2.05) is 0 Å². The first kappa shape index (κ1) is 20.1. The lowest BCUT2D eigenvalue weighted by Crippen LogP contribution is -2.48. The molecule has 0 N–H and O–H groups in total. The van der Waals surface area contributed by atoms with Crippen molar-refractivity contribution in [1.29, 1.82) is 0 Å². The molecule has 144 valence electrons. The molecule has 1 aliphatic rings. The number of hydrogen-bond acceptors (Lipinski definition) is 7. The average Bonchev–Trinajstić information content (AvgIpc) is 2.53. The maximum Gasteiger partial charge on any atom is 0.410 e. The summed E-state index contributed by atoms with van der Waals surface area (Å²) in [5, 5.41) is 10.4. The lowest BCUT2D eigenvalue weighted by atomic mass is 10.0. The van der Waals surface area contributed by atoms with Gasteiger partial charge in [0, 0.05) is 18.7 Å². The number of piperidine rings is 1. The second kappa shape index (κ2) is 7.56. The van der Waals surface area contributed by atoms with Crippen LogP contribution in [0.5, 0.6) is 0 Å². The molecule has 0 spiro atoms. The van der Waals surface area contributed by atoms with E-state index in [1.54, 1.807) is 20.8 Å². The monoisotopic (exact) mass is 385 g/mol. The van der Waals surface area contributed by atoms with Crippen molar-refractivity contribution in [2.45, 2.75) is 56.7 Å². The minimum atomic E-state index is -3.80. The number of carbonyl (C=O) groups excluding carboxylic acids is 1. The van der Waals surface area contributed by atoms with Crippen LogP contribution in [0.1, 0.15) is 40.0 Å². The Morgan fingerprint density at radius 2 is 2.08 bits per heavy atom. The van der Waals surface area contributed by atoms with Gasteiger partial charge in [0.15, 0.2) is 14.9 Å². The Morgan fingerprint density at radius 1 is 1.38 bits per heavy atom. The Hall–Kier alpha value is -2.23. The highest BCUT2D eigenvalue weighted by Crippen LogP contribution is 2.24. The molecule has 9 nitrogen and oxygen atoms in total. The molecule has 2 heterocycles. The maximum absolute atomic E-state index is 12.6. The molecule has 0 bridgehead atoms. The van der Waals surface area contributed by atoms with Crippen LogP contribution in [0.4, 0.5) is 10.5 Å². The molecule has 1 saturated heterocycles. The second-order valence-corrected chi connectivity index (χ2v) is 9.20. The zero-order chi connectivity index (χ0) is 19.5. The number of amides is 1. The number of pyridine rings is 1. The van der Waals surface area contributed by atoms with Crippen LogP contribution in [0.25, 0.3) is 0 Å². The SMILES string of the molecule is CC(C)(C)OC(=O)N1CCCC[C@H]1CS(=O)(=O)c1ccc([N+](=O)[O-])cn1. The highest BCUT2D eigenvalue weighted by atomic mass is 32.2. The Bertz CT molecular complexity index is 770. The van der Waals surface area contributed by atoms with Gasteiger partial charge in [0.1, 0.15) is 11.8 Å². The van der Waals surface area contributed by atoms with Crippen molar-refractivity contribution in [1.82, 2.24) is 9.88 Å². The summed E-state index contributed by atoms with van der Waals surface area (Å²) in [7, 11) is -3.80. The minimum Gasteiger partial charge on any atom is -0.444 e. The van der Waals surface area contributed by atoms with Crippen molar-refractivity contribution in [3.8, 4) is 0 Å². The maximum atomic E-state index is 12.6. The number of ether oxygens (including phenoxy) is 1. The number of aromatic nitrogens is 1. The van der Waals surface area contributed by atoms with Gasteiger partial charge >= 0.3 is 6.09 Å². The third-order valence-corrected chi connectivity index (χ3v) is 5.62. The van der Waals surface area contributed by atoms with E-state index in [0.717, 1.165) is 31.2 Å².